The van der Waals surface area contributed by atoms with Gasteiger partial charge in [-0.1, -0.05) is 75.7 Å². The molecule has 0 bridgehead atoms. The van der Waals surface area contributed by atoms with Gasteiger partial charge in [-0.05, 0) is 55.8 Å². The largest absolute Gasteiger partial charge is 0.409 e. The summed E-state index contributed by atoms with van der Waals surface area (Å²) in [6, 6.07) is 15.6. The molecule has 1 saturated heterocycles. The zero-order valence-corrected chi connectivity index (χ0v) is 25.9. The van der Waals surface area contributed by atoms with Gasteiger partial charge >= 0.3 is 8.56 Å². The van der Waals surface area contributed by atoms with E-state index in [9.17, 15) is 24.0 Å². The molecule has 10 heteroatoms. The number of nitrogens with one attached hydrogen (secondary N) is 3. The molecular weight excluding hydrogens is 536 g/mol. The Morgan fingerprint density at radius 2 is 1.61 bits per heavy atom. The van der Waals surface area contributed by atoms with Gasteiger partial charge in [-0.3, -0.25) is 14.4 Å². The summed E-state index contributed by atoms with van der Waals surface area (Å²) in [5.74, 6) is -1.44. The molecule has 3 amide bonds. The third-order valence-corrected chi connectivity index (χ3v) is 10.5. The van der Waals surface area contributed by atoms with Crippen molar-refractivity contribution >= 4 is 26.3 Å². The summed E-state index contributed by atoms with van der Waals surface area (Å²) >= 11 is 0. The second-order valence-corrected chi connectivity index (χ2v) is 14.7. The van der Waals surface area contributed by atoms with Crippen molar-refractivity contribution in [3.8, 4) is 0 Å². The van der Waals surface area contributed by atoms with Crippen LogP contribution in [0.15, 0.2) is 54.6 Å². The predicted octanol–water partition coefficient (Wildman–Crippen LogP) is 2.64. The standard InChI is InChI=1S/C31H46N4O5Si/c1-21(2)27(33-28(36)25-15-13-23(5)14-16-25)31(38)35-18-9-12-26(35)29(37)34-30(22(3)4)41(39,40)19-17-32-20-24-10-7-6-8-11-24/h6-8,10-11,13-16,21-22,26-27,30,32,39-40H,9,12,17-20H2,1-5H3,(H,33,36)(H,34,37). The Kier molecular flexibility index (Phi) is 11.7. The number of hydrogen-bond donors (Lipinski definition) is 5. The topological polar surface area (TPSA) is 131 Å². The van der Waals surface area contributed by atoms with Gasteiger partial charge in [0.15, 0.2) is 0 Å². The van der Waals surface area contributed by atoms with Gasteiger partial charge in [-0.15, -0.1) is 0 Å². The summed E-state index contributed by atoms with van der Waals surface area (Å²) in [6.07, 6.45) is 1.13. The van der Waals surface area contributed by atoms with Gasteiger partial charge in [-0.2, -0.15) is 0 Å². The van der Waals surface area contributed by atoms with E-state index < -0.39 is 26.3 Å². The molecule has 0 spiro atoms. The van der Waals surface area contributed by atoms with Gasteiger partial charge in [0.1, 0.15) is 12.1 Å². The van der Waals surface area contributed by atoms with Crippen LogP contribution in [0.3, 0.4) is 0 Å². The van der Waals surface area contributed by atoms with Crippen LogP contribution in [0.5, 0.6) is 0 Å². The summed E-state index contributed by atoms with van der Waals surface area (Å²) in [5, 5.41) is 9.02. The Morgan fingerprint density at radius 1 is 0.951 bits per heavy atom. The Labute approximate surface area is 245 Å². The van der Waals surface area contributed by atoms with Crippen LogP contribution in [0.4, 0.5) is 0 Å². The zero-order valence-electron chi connectivity index (χ0n) is 24.9. The minimum Gasteiger partial charge on any atom is -0.409 e. The number of rotatable bonds is 13. The van der Waals surface area contributed by atoms with E-state index in [1.807, 2.05) is 77.1 Å². The maximum Gasteiger partial charge on any atom is 0.357 e. The lowest BCUT2D eigenvalue weighted by Crippen LogP contribution is -2.63. The van der Waals surface area contributed by atoms with Crippen LogP contribution in [0.25, 0.3) is 0 Å². The number of likely N-dealkylation sites (tertiary alicyclic amines) is 1. The Hall–Kier alpha value is -3.05. The lowest BCUT2D eigenvalue weighted by atomic mass is 10.0. The van der Waals surface area contributed by atoms with Crippen LogP contribution in [0, 0.1) is 18.8 Å². The van der Waals surface area contributed by atoms with E-state index in [1.54, 1.807) is 12.1 Å². The third kappa shape index (κ3) is 8.96. The molecule has 1 fully saturated rings. The van der Waals surface area contributed by atoms with Crippen LogP contribution >= 0.6 is 0 Å². The smallest absolute Gasteiger partial charge is 0.357 e. The van der Waals surface area contributed by atoms with E-state index in [4.69, 9.17) is 0 Å². The molecule has 3 atom stereocenters. The van der Waals surface area contributed by atoms with Crippen molar-refractivity contribution in [3.05, 3.63) is 71.3 Å². The molecular formula is C31H46N4O5Si. The minimum absolute atomic E-state index is 0.150. The van der Waals surface area contributed by atoms with E-state index in [-0.39, 0.29) is 35.6 Å². The van der Waals surface area contributed by atoms with Crippen molar-refractivity contribution in [2.75, 3.05) is 13.1 Å². The van der Waals surface area contributed by atoms with E-state index in [0.29, 0.717) is 38.0 Å². The molecule has 2 aromatic rings. The molecule has 0 radical (unpaired) electrons. The molecule has 9 nitrogen and oxygen atoms in total. The lowest BCUT2D eigenvalue weighted by Gasteiger charge is -2.35. The maximum absolute atomic E-state index is 13.7. The predicted molar refractivity (Wildman–Crippen MR) is 162 cm³/mol. The van der Waals surface area contributed by atoms with Gasteiger partial charge in [0, 0.05) is 24.7 Å². The molecule has 3 rings (SSSR count). The van der Waals surface area contributed by atoms with Crippen molar-refractivity contribution in [2.24, 2.45) is 11.8 Å². The summed E-state index contributed by atoms with van der Waals surface area (Å²) < 4.78 is 0. The second kappa shape index (κ2) is 14.7. The highest BCUT2D eigenvalue weighted by atomic mass is 28.4. The normalized spacial score (nSPS) is 17.0. The highest BCUT2D eigenvalue weighted by Gasteiger charge is 2.45. The monoisotopic (exact) mass is 582 g/mol. The molecule has 1 aliphatic rings. The van der Waals surface area contributed by atoms with E-state index in [0.717, 1.165) is 11.1 Å². The number of amides is 3. The summed E-state index contributed by atoms with van der Waals surface area (Å²) in [4.78, 5) is 63.8. The van der Waals surface area contributed by atoms with Crippen molar-refractivity contribution in [2.45, 2.75) is 77.8 Å². The fourth-order valence-corrected chi connectivity index (χ4v) is 7.54. The van der Waals surface area contributed by atoms with Gasteiger partial charge in [0.2, 0.25) is 11.8 Å². The van der Waals surface area contributed by atoms with Crippen molar-refractivity contribution < 1.29 is 24.0 Å². The van der Waals surface area contributed by atoms with Crippen LogP contribution in [-0.4, -0.2) is 71.6 Å². The van der Waals surface area contributed by atoms with E-state index in [1.165, 1.54) is 4.90 Å². The number of benzene rings is 2. The SMILES string of the molecule is Cc1ccc(C(=O)NC(C(=O)N2CCCC2C(=O)NC(C(C)C)[Si](O)(O)CCNCc2ccccc2)C(C)C)cc1. The van der Waals surface area contributed by atoms with Gasteiger partial charge in [0.05, 0.1) is 5.67 Å². The molecule has 224 valence electrons. The maximum atomic E-state index is 13.7. The molecule has 1 aliphatic heterocycles. The first-order valence-electron chi connectivity index (χ1n) is 14.6. The Balaban J connectivity index is 1.63. The number of carbonyl (C=O) groups excluding carboxylic acids is 3. The van der Waals surface area contributed by atoms with Gasteiger partial charge in [0.25, 0.3) is 5.91 Å². The first-order valence-corrected chi connectivity index (χ1v) is 16.8. The number of hydrogen-bond acceptors (Lipinski definition) is 6. The van der Waals surface area contributed by atoms with Crippen LogP contribution in [0.2, 0.25) is 6.04 Å². The van der Waals surface area contributed by atoms with Crippen LogP contribution in [0.1, 0.15) is 62.0 Å². The van der Waals surface area contributed by atoms with Crippen LogP contribution in [-0.2, 0) is 16.1 Å². The average molecular weight is 583 g/mol. The highest BCUT2D eigenvalue weighted by Crippen LogP contribution is 2.23. The number of aryl methyl sites for hydroxylation is 1. The first-order chi connectivity index (χ1) is 19.4. The molecule has 41 heavy (non-hydrogen) atoms. The summed E-state index contributed by atoms with van der Waals surface area (Å²) in [6.45, 7) is 10.8. The third-order valence-electron chi connectivity index (χ3n) is 7.68. The van der Waals surface area contributed by atoms with E-state index in [2.05, 4.69) is 16.0 Å². The van der Waals surface area contributed by atoms with Gasteiger partial charge in [-0.25, -0.2) is 0 Å². The number of nitrogens with zero attached hydrogens (tertiary/aromatic N) is 1. The molecule has 0 aromatic heterocycles. The average Bonchev–Trinajstić information content (AvgIpc) is 3.43. The number of carbonyl (C=O) groups is 3. The molecule has 1 heterocycles. The minimum atomic E-state index is -3.85. The zero-order chi connectivity index (χ0) is 30.2. The summed E-state index contributed by atoms with van der Waals surface area (Å²) in [5.41, 5.74) is 1.80. The Bertz CT molecular complexity index is 1160. The lowest BCUT2D eigenvalue weighted by molar-refractivity contribution is -0.140. The molecule has 3 unspecified atom stereocenters. The fraction of sp³-hybridized carbons (Fsp3) is 0.516. The van der Waals surface area contributed by atoms with Crippen molar-refractivity contribution in [1.29, 1.82) is 0 Å². The molecule has 5 N–H and O–H groups in total. The second-order valence-electron chi connectivity index (χ2n) is 11.8. The van der Waals surface area contributed by atoms with Gasteiger partial charge < -0.3 is 30.4 Å². The van der Waals surface area contributed by atoms with Crippen LogP contribution < -0.4 is 16.0 Å². The quantitative estimate of drug-likeness (QED) is 0.182. The molecule has 0 aliphatic carbocycles. The van der Waals surface area contributed by atoms with Crippen molar-refractivity contribution in [3.63, 3.8) is 0 Å². The molecule has 2 aromatic carbocycles. The van der Waals surface area contributed by atoms with E-state index >= 15 is 0 Å². The Morgan fingerprint density at radius 3 is 2.22 bits per heavy atom. The highest BCUT2D eigenvalue weighted by molar-refractivity contribution is 6.66. The first kappa shape index (κ1) is 32.5. The molecule has 0 saturated carbocycles. The summed E-state index contributed by atoms with van der Waals surface area (Å²) in [7, 11) is -3.85. The van der Waals surface area contributed by atoms with Crippen molar-refractivity contribution in [1.82, 2.24) is 20.9 Å². The fourth-order valence-electron chi connectivity index (χ4n) is 5.25.